The van der Waals surface area contributed by atoms with E-state index in [0.29, 0.717) is 10.6 Å². The quantitative estimate of drug-likeness (QED) is 0.570. The fourth-order valence-corrected chi connectivity index (χ4v) is 3.92. The molecule has 11 heteroatoms. The van der Waals surface area contributed by atoms with E-state index in [-0.39, 0.29) is 35.1 Å². The van der Waals surface area contributed by atoms with Crippen LogP contribution < -0.4 is 10.6 Å². The molecule has 0 aromatic heterocycles. The summed E-state index contributed by atoms with van der Waals surface area (Å²) >= 11 is 12.8. The third-order valence-corrected chi connectivity index (χ3v) is 6.06. The normalized spacial score (nSPS) is 14.7. The molecule has 7 nitrogen and oxygen atoms in total. The zero-order valence-electron chi connectivity index (χ0n) is 16.4. The fraction of sp³-hybridized carbons (Fsp3) is 0.143. The summed E-state index contributed by atoms with van der Waals surface area (Å²) in [4.78, 5) is 49.8. The number of thioether (sulfide) groups is 1. The number of hydrogen-bond acceptors (Lipinski definition) is 5. The van der Waals surface area contributed by atoms with E-state index in [1.54, 1.807) is 18.2 Å². The molecule has 1 saturated heterocycles. The van der Waals surface area contributed by atoms with Crippen LogP contribution in [0.1, 0.15) is 15.9 Å². The first kappa shape index (κ1) is 23.8. The molecule has 4 amide bonds. The van der Waals surface area contributed by atoms with Crippen LogP contribution in [0.2, 0.25) is 10.0 Å². The Kier molecular flexibility index (Phi) is 7.89. The Morgan fingerprint density at radius 3 is 2.50 bits per heavy atom. The molecule has 3 rings (SSSR count). The molecular formula is C21H16Cl2FN3O4S. The lowest BCUT2D eigenvalue weighted by molar-refractivity contribution is -0.124. The first-order valence-corrected chi connectivity index (χ1v) is 10.8. The predicted molar refractivity (Wildman–Crippen MR) is 121 cm³/mol. The zero-order chi connectivity index (χ0) is 23.3. The largest absolute Gasteiger partial charge is 0.353 e. The van der Waals surface area contributed by atoms with E-state index in [9.17, 15) is 23.6 Å². The number of benzene rings is 2. The summed E-state index contributed by atoms with van der Waals surface area (Å²) in [6.45, 7) is -0.345. The van der Waals surface area contributed by atoms with E-state index in [0.717, 1.165) is 28.8 Å². The molecule has 1 aliphatic rings. The van der Waals surface area contributed by atoms with E-state index in [4.69, 9.17) is 23.2 Å². The van der Waals surface area contributed by atoms with Crippen molar-refractivity contribution in [3.8, 4) is 0 Å². The smallest absolute Gasteiger partial charge is 0.293 e. The number of halogens is 3. The summed E-state index contributed by atoms with van der Waals surface area (Å²) in [5.74, 6) is -2.02. The number of hydrogen-bond donors (Lipinski definition) is 2. The molecule has 2 N–H and O–H groups in total. The van der Waals surface area contributed by atoms with Gasteiger partial charge in [0.2, 0.25) is 5.91 Å². The summed E-state index contributed by atoms with van der Waals surface area (Å²) in [7, 11) is 0. The molecule has 2 aromatic carbocycles. The van der Waals surface area contributed by atoms with Crippen molar-refractivity contribution in [1.29, 1.82) is 0 Å². The highest BCUT2D eigenvalue weighted by molar-refractivity contribution is 8.18. The molecule has 1 heterocycles. The molecule has 0 spiro atoms. The second-order valence-corrected chi connectivity index (χ2v) is 8.29. The minimum absolute atomic E-state index is 0.00843. The minimum atomic E-state index is -0.532. The highest BCUT2D eigenvalue weighted by Crippen LogP contribution is 2.34. The molecule has 0 atom stereocenters. The van der Waals surface area contributed by atoms with Gasteiger partial charge in [0.1, 0.15) is 5.82 Å². The van der Waals surface area contributed by atoms with Gasteiger partial charge >= 0.3 is 0 Å². The Morgan fingerprint density at radius 2 is 1.78 bits per heavy atom. The average molecular weight is 496 g/mol. The molecule has 0 radical (unpaired) electrons. The summed E-state index contributed by atoms with van der Waals surface area (Å²) < 4.78 is 12.9. The second kappa shape index (κ2) is 10.6. The van der Waals surface area contributed by atoms with Gasteiger partial charge in [0.15, 0.2) is 0 Å². The first-order chi connectivity index (χ1) is 15.3. The molecule has 0 saturated carbocycles. The van der Waals surface area contributed by atoms with Crippen LogP contribution in [0.25, 0.3) is 6.08 Å². The third kappa shape index (κ3) is 5.87. The van der Waals surface area contributed by atoms with Crippen molar-refractivity contribution >= 4 is 64.0 Å². The maximum Gasteiger partial charge on any atom is 0.293 e. The van der Waals surface area contributed by atoms with Crippen LogP contribution in [0, 0.1) is 5.82 Å². The average Bonchev–Trinajstić information content (AvgIpc) is 3.03. The van der Waals surface area contributed by atoms with Crippen LogP contribution in [0.5, 0.6) is 0 Å². The number of carbonyl (C=O) groups is 4. The van der Waals surface area contributed by atoms with Crippen molar-refractivity contribution in [3.05, 3.63) is 74.4 Å². The van der Waals surface area contributed by atoms with Gasteiger partial charge in [-0.25, -0.2) is 4.39 Å². The van der Waals surface area contributed by atoms with Crippen molar-refractivity contribution in [2.24, 2.45) is 0 Å². The fourth-order valence-electron chi connectivity index (χ4n) is 2.70. The van der Waals surface area contributed by atoms with E-state index in [1.165, 1.54) is 18.2 Å². The van der Waals surface area contributed by atoms with Gasteiger partial charge in [0.25, 0.3) is 17.1 Å². The lowest BCUT2D eigenvalue weighted by atomic mass is 10.2. The van der Waals surface area contributed by atoms with Crippen LogP contribution in [-0.2, 0) is 9.59 Å². The van der Waals surface area contributed by atoms with Crippen molar-refractivity contribution in [2.45, 2.75) is 0 Å². The van der Waals surface area contributed by atoms with Gasteiger partial charge in [-0.3, -0.25) is 24.1 Å². The number of nitrogens with one attached hydrogen (secondary N) is 2. The molecule has 2 aromatic rings. The van der Waals surface area contributed by atoms with Crippen molar-refractivity contribution in [1.82, 2.24) is 15.5 Å². The third-order valence-electron chi connectivity index (χ3n) is 4.32. The molecule has 1 fully saturated rings. The van der Waals surface area contributed by atoms with Crippen LogP contribution in [0.4, 0.5) is 9.18 Å². The SMILES string of the molecule is O=C(CNC(=O)c1ccc(F)cc1)NCCN1C(=O)SC(=Cc2cccc(Cl)c2Cl)C1=O. The Morgan fingerprint density at radius 1 is 1.06 bits per heavy atom. The van der Waals surface area contributed by atoms with Crippen LogP contribution in [-0.4, -0.2) is 47.5 Å². The number of amides is 4. The summed E-state index contributed by atoms with van der Waals surface area (Å²) in [6, 6.07) is 9.83. The maximum absolute atomic E-state index is 12.9. The van der Waals surface area contributed by atoms with Gasteiger partial charge in [-0.15, -0.1) is 0 Å². The Bertz CT molecular complexity index is 1110. The van der Waals surface area contributed by atoms with Gasteiger partial charge in [0.05, 0.1) is 21.5 Å². The van der Waals surface area contributed by atoms with Gasteiger partial charge in [-0.05, 0) is 53.7 Å². The number of imide groups is 1. The lowest BCUT2D eigenvalue weighted by Crippen LogP contribution is -2.41. The number of nitrogens with zero attached hydrogens (tertiary/aromatic N) is 1. The standard InChI is InChI=1S/C21H16Cl2FN3O4S/c22-15-3-1-2-13(18(15)23)10-16-20(30)27(21(31)32-16)9-8-25-17(28)11-26-19(29)12-4-6-14(24)7-5-12/h1-7,10H,8-9,11H2,(H,25,28)(H,26,29). The Balaban J connectivity index is 1.48. The van der Waals surface area contributed by atoms with Crippen LogP contribution in [0.3, 0.4) is 0 Å². The molecule has 32 heavy (non-hydrogen) atoms. The van der Waals surface area contributed by atoms with Gasteiger partial charge in [-0.2, -0.15) is 0 Å². The monoisotopic (exact) mass is 495 g/mol. The zero-order valence-corrected chi connectivity index (χ0v) is 18.7. The Hall–Kier alpha value is -2.88. The van der Waals surface area contributed by atoms with E-state index in [1.807, 2.05) is 0 Å². The summed E-state index contributed by atoms with van der Waals surface area (Å²) in [6.07, 6.45) is 1.49. The number of rotatable bonds is 7. The minimum Gasteiger partial charge on any atom is -0.353 e. The van der Waals surface area contributed by atoms with E-state index >= 15 is 0 Å². The highest BCUT2D eigenvalue weighted by Gasteiger charge is 2.34. The van der Waals surface area contributed by atoms with Gasteiger partial charge in [0, 0.05) is 18.7 Å². The topological polar surface area (TPSA) is 95.6 Å². The predicted octanol–water partition coefficient (Wildman–Crippen LogP) is 3.72. The lowest BCUT2D eigenvalue weighted by Gasteiger charge is -2.13. The van der Waals surface area contributed by atoms with Crippen LogP contribution in [0.15, 0.2) is 47.4 Å². The number of carbonyl (C=O) groups excluding carboxylic acids is 4. The molecule has 1 aliphatic heterocycles. The summed E-state index contributed by atoms with van der Waals surface area (Å²) in [5.41, 5.74) is 0.721. The maximum atomic E-state index is 12.9. The molecule has 0 unspecified atom stereocenters. The van der Waals surface area contributed by atoms with E-state index < -0.39 is 28.8 Å². The first-order valence-electron chi connectivity index (χ1n) is 9.26. The Labute approximate surface area is 196 Å². The molecule has 166 valence electrons. The van der Waals surface area contributed by atoms with Gasteiger partial charge < -0.3 is 10.6 Å². The van der Waals surface area contributed by atoms with Gasteiger partial charge in [-0.1, -0.05) is 35.3 Å². The highest BCUT2D eigenvalue weighted by atomic mass is 35.5. The van der Waals surface area contributed by atoms with E-state index in [2.05, 4.69) is 10.6 Å². The van der Waals surface area contributed by atoms with Crippen LogP contribution >= 0.6 is 35.0 Å². The van der Waals surface area contributed by atoms with Crippen molar-refractivity contribution in [3.63, 3.8) is 0 Å². The van der Waals surface area contributed by atoms with Crippen molar-refractivity contribution in [2.75, 3.05) is 19.6 Å². The second-order valence-electron chi connectivity index (χ2n) is 6.52. The van der Waals surface area contributed by atoms with Crippen molar-refractivity contribution < 1.29 is 23.6 Å². The molecule has 0 bridgehead atoms. The summed E-state index contributed by atoms with van der Waals surface area (Å²) in [5, 5.41) is 5.05. The molecule has 0 aliphatic carbocycles. The molecular weight excluding hydrogens is 480 g/mol.